The number of hydrogen-bond acceptors (Lipinski definition) is 4. The molecule has 45 heavy (non-hydrogen) atoms. The number of nitrogens with zero attached hydrogens (tertiary/aromatic N) is 2. The first kappa shape index (κ1) is 34.3. The van der Waals surface area contributed by atoms with Crippen LogP contribution in [0.4, 0.5) is 18.9 Å². The van der Waals surface area contributed by atoms with Gasteiger partial charge in [0.25, 0.3) is 10.0 Å². The Morgan fingerprint density at radius 3 is 2.24 bits per heavy atom. The highest BCUT2D eigenvalue weighted by atomic mass is 35.5. The van der Waals surface area contributed by atoms with Crippen LogP contribution < -0.4 is 9.62 Å². The van der Waals surface area contributed by atoms with E-state index in [0.29, 0.717) is 16.8 Å². The number of benzene rings is 3. The number of nitrogens with one attached hydrogen (secondary N) is 1. The van der Waals surface area contributed by atoms with E-state index in [1.807, 2.05) is 30.3 Å². The van der Waals surface area contributed by atoms with Crippen LogP contribution in [0.2, 0.25) is 5.02 Å². The molecule has 1 N–H and O–H groups in total. The quantitative estimate of drug-likeness (QED) is 0.245. The van der Waals surface area contributed by atoms with Crippen molar-refractivity contribution in [2.75, 3.05) is 17.4 Å². The molecule has 1 aliphatic carbocycles. The van der Waals surface area contributed by atoms with Crippen molar-refractivity contribution >= 4 is 39.1 Å². The summed E-state index contributed by atoms with van der Waals surface area (Å²) in [5, 5.41) is 2.42. The largest absolute Gasteiger partial charge is 0.417 e. The summed E-state index contributed by atoms with van der Waals surface area (Å²) in [6.45, 7) is 2.57. The number of halogens is 4. The summed E-state index contributed by atoms with van der Waals surface area (Å²) in [4.78, 5) is 28.5. The molecule has 242 valence electrons. The van der Waals surface area contributed by atoms with Crippen molar-refractivity contribution in [2.24, 2.45) is 0 Å². The van der Waals surface area contributed by atoms with E-state index in [9.17, 15) is 31.2 Å². The van der Waals surface area contributed by atoms with Gasteiger partial charge in [0.15, 0.2) is 0 Å². The van der Waals surface area contributed by atoms with Gasteiger partial charge in [-0.1, -0.05) is 78.9 Å². The van der Waals surface area contributed by atoms with Gasteiger partial charge in [0, 0.05) is 12.6 Å². The number of sulfonamides is 1. The molecule has 0 aromatic heterocycles. The molecule has 1 saturated carbocycles. The Morgan fingerprint density at radius 2 is 1.62 bits per heavy atom. The van der Waals surface area contributed by atoms with Crippen LogP contribution in [0.1, 0.15) is 55.7 Å². The fourth-order valence-corrected chi connectivity index (χ4v) is 7.02. The maximum atomic E-state index is 14.1. The SMILES string of the molecule is Cc1ccc(S(=O)(=O)N(CC(=O)N(CCc2ccccc2)[C@H](C)C(=O)NC2CCCCC2)c2ccc(Cl)c(C(F)(F)F)c2)cc1. The number of hydrogen-bond donors (Lipinski definition) is 1. The van der Waals surface area contributed by atoms with E-state index >= 15 is 0 Å². The van der Waals surface area contributed by atoms with E-state index in [0.717, 1.165) is 55.4 Å². The standard InChI is InChI=1S/C33H37ClF3N3O4S/c1-23-13-16-28(17-14-23)45(43,44)40(27-15-18-30(34)29(21-27)33(35,36)37)22-31(41)39(20-19-25-9-5-3-6-10-25)24(2)32(42)38-26-11-7-4-8-12-26/h3,5-6,9-10,13-18,21,24,26H,4,7-8,11-12,19-20,22H2,1-2H3,(H,38,42)/t24-/m1/s1. The fraction of sp³-hybridized carbons (Fsp3) is 0.394. The van der Waals surface area contributed by atoms with Crippen molar-refractivity contribution in [2.45, 2.75) is 75.5 Å². The summed E-state index contributed by atoms with van der Waals surface area (Å²) >= 11 is 5.84. The number of carbonyl (C=O) groups is 2. The number of anilines is 1. The van der Waals surface area contributed by atoms with Gasteiger partial charge in [0.05, 0.1) is 21.2 Å². The molecule has 1 atom stereocenters. The minimum absolute atomic E-state index is 0.0203. The van der Waals surface area contributed by atoms with Crippen LogP contribution in [0.5, 0.6) is 0 Å². The first-order valence-electron chi connectivity index (χ1n) is 14.9. The smallest absolute Gasteiger partial charge is 0.352 e. The molecule has 12 heteroatoms. The monoisotopic (exact) mass is 663 g/mol. The van der Waals surface area contributed by atoms with Crippen molar-refractivity contribution in [3.8, 4) is 0 Å². The van der Waals surface area contributed by atoms with Crippen molar-refractivity contribution in [3.63, 3.8) is 0 Å². The zero-order valence-corrected chi connectivity index (χ0v) is 26.8. The molecule has 0 aliphatic heterocycles. The second-order valence-electron chi connectivity index (χ2n) is 11.3. The summed E-state index contributed by atoms with van der Waals surface area (Å²) in [5.74, 6) is -1.11. The Morgan fingerprint density at radius 1 is 0.978 bits per heavy atom. The van der Waals surface area contributed by atoms with E-state index in [1.54, 1.807) is 26.0 Å². The molecule has 1 fully saturated rings. The van der Waals surface area contributed by atoms with Gasteiger partial charge >= 0.3 is 6.18 Å². The van der Waals surface area contributed by atoms with Gasteiger partial charge < -0.3 is 10.2 Å². The average molecular weight is 664 g/mol. The first-order chi connectivity index (χ1) is 21.3. The van der Waals surface area contributed by atoms with Gasteiger partial charge in [-0.25, -0.2) is 8.42 Å². The highest BCUT2D eigenvalue weighted by Crippen LogP contribution is 2.38. The predicted octanol–water partition coefficient (Wildman–Crippen LogP) is 6.77. The minimum atomic E-state index is -4.87. The van der Waals surface area contributed by atoms with Crippen LogP contribution in [-0.2, 0) is 32.2 Å². The van der Waals surface area contributed by atoms with Gasteiger partial charge in [-0.05, 0) is 69.0 Å². The normalized spacial score (nSPS) is 14.9. The minimum Gasteiger partial charge on any atom is -0.352 e. The number of alkyl halides is 3. The molecule has 3 aromatic carbocycles. The van der Waals surface area contributed by atoms with Gasteiger partial charge in [0.1, 0.15) is 12.6 Å². The van der Waals surface area contributed by atoms with E-state index in [2.05, 4.69) is 5.32 Å². The molecule has 2 amide bonds. The number of aryl methyl sites for hydroxylation is 1. The highest BCUT2D eigenvalue weighted by molar-refractivity contribution is 7.92. The van der Waals surface area contributed by atoms with Crippen LogP contribution in [0.3, 0.4) is 0 Å². The van der Waals surface area contributed by atoms with Gasteiger partial charge in [0.2, 0.25) is 11.8 Å². The van der Waals surface area contributed by atoms with Crippen LogP contribution in [0, 0.1) is 6.92 Å². The Balaban J connectivity index is 1.71. The van der Waals surface area contributed by atoms with Crippen molar-refractivity contribution in [3.05, 3.63) is 94.5 Å². The third-order valence-electron chi connectivity index (χ3n) is 8.03. The molecule has 0 unspecified atom stereocenters. The van der Waals surface area contributed by atoms with Crippen LogP contribution in [-0.4, -0.2) is 50.3 Å². The summed E-state index contributed by atoms with van der Waals surface area (Å²) in [6.07, 6.45) is 0.233. The third-order valence-corrected chi connectivity index (χ3v) is 10.2. The van der Waals surface area contributed by atoms with E-state index in [1.165, 1.54) is 17.0 Å². The van der Waals surface area contributed by atoms with Crippen LogP contribution >= 0.6 is 11.6 Å². The Kier molecular flexibility index (Phi) is 11.2. The molecule has 0 radical (unpaired) electrons. The summed E-state index contributed by atoms with van der Waals surface area (Å²) in [6, 6.07) is 16.8. The lowest BCUT2D eigenvalue weighted by Crippen LogP contribution is -2.53. The molecule has 0 bridgehead atoms. The lowest BCUT2D eigenvalue weighted by atomic mass is 9.95. The van der Waals surface area contributed by atoms with Crippen molar-refractivity contribution in [1.82, 2.24) is 10.2 Å². The highest BCUT2D eigenvalue weighted by Gasteiger charge is 2.37. The van der Waals surface area contributed by atoms with Crippen LogP contribution in [0.25, 0.3) is 0 Å². The summed E-state index contributed by atoms with van der Waals surface area (Å²) in [7, 11) is -4.54. The molecule has 4 rings (SSSR count). The number of carbonyl (C=O) groups excluding carboxylic acids is 2. The van der Waals surface area contributed by atoms with Gasteiger partial charge in [-0.2, -0.15) is 13.2 Å². The maximum absolute atomic E-state index is 14.1. The first-order valence-corrected chi connectivity index (χ1v) is 16.7. The fourth-order valence-electron chi connectivity index (χ4n) is 5.39. The third kappa shape index (κ3) is 8.79. The lowest BCUT2D eigenvalue weighted by Gasteiger charge is -2.33. The Labute approximate surface area is 267 Å². The van der Waals surface area contributed by atoms with Crippen LogP contribution in [0.15, 0.2) is 77.7 Å². The van der Waals surface area contributed by atoms with E-state index in [-0.39, 0.29) is 29.1 Å². The van der Waals surface area contributed by atoms with Gasteiger partial charge in [-0.15, -0.1) is 0 Å². The molecule has 1 aliphatic rings. The lowest BCUT2D eigenvalue weighted by molar-refractivity contribution is -0.139. The summed E-state index contributed by atoms with van der Waals surface area (Å²) in [5.41, 5.74) is 0.0431. The maximum Gasteiger partial charge on any atom is 0.417 e. The topological polar surface area (TPSA) is 86.8 Å². The molecular formula is C33H37ClF3N3O4S. The second-order valence-corrected chi connectivity index (χ2v) is 13.6. The van der Waals surface area contributed by atoms with Crippen molar-refractivity contribution in [1.29, 1.82) is 0 Å². The zero-order chi connectivity index (χ0) is 32.8. The van der Waals surface area contributed by atoms with E-state index in [4.69, 9.17) is 11.6 Å². The molecule has 0 heterocycles. The molecule has 0 spiro atoms. The number of amides is 2. The van der Waals surface area contributed by atoms with E-state index < -0.39 is 45.3 Å². The van der Waals surface area contributed by atoms with Crippen molar-refractivity contribution < 1.29 is 31.2 Å². The summed E-state index contributed by atoms with van der Waals surface area (Å²) < 4.78 is 70.0. The van der Waals surface area contributed by atoms with Gasteiger partial charge in [-0.3, -0.25) is 13.9 Å². The molecular weight excluding hydrogens is 627 g/mol. The second kappa shape index (κ2) is 14.7. The predicted molar refractivity (Wildman–Crippen MR) is 169 cm³/mol. The number of rotatable bonds is 11. The molecule has 7 nitrogen and oxygen atoms in total. The Bertz CT molecular complexity index is 1580. The Hall–Kier alpha value is -3.57. The average Bonchev–Trinajstić information content (AvgIpc) is 3.01. The zero-order valence-electron chi connectivity index (χ0n) is 25.2. The molecule has 0 saturated heterocycles. The molecule has 3 aromatic rings.